The Morgan fingerprint density at radius 1 is 1.15 bits per heavy atom. The molecule has 1 saturated heterocycles. The molecule has 2 rings (SSSR count). The SMILES string of the molecule is CC1(C)CC(N=Cc2ccc(Br)cc2)CC(C)(C)N1[O]. The molecule has 0 N–H and O–H groups in total. The summed E-state index contributed by atoms with van der Waals surface area (Å²) in [6.45, 7) is 8.01. The maximum atomic E-state index is 12.3. The molecular formula is C16H22BrN2O. The second kappa shape index (κ2) is 5.58. The van der Waals surface area contributed by atoms with E-state index in [9.17, 15) is 5.21 Å². The number of hydrogen-bond donors (Lipinski definition) is 0. The van der Waals surface area contributed by atoms with Gasteiger partial charge in [0, 0.05) is 21.8 Å². The maximum Gasteiger partial charge on any atom is 0.0536 e. The summed E-state index contributed by atoms with van der Waals surface area (Å²) >= 11 is 3.42. The van der Waals surface area contributed by atoms with Gasteiger partial charge in [0.1, 0.15) is 0 Å². The molecule has 0 aliphatic carbocycles. The van der Waals surface area contributed by atoms with Gasteiger partial charge in [-0.15, -0.1) is 10.3 Å². The molecule has 3 nitrogen and oxygen atoms in total. The predicted molar refractivity (Wildman–Crippen MR) is 85.4 cm³/mol. The Labute approximate surface area is 129 Å². The normalized spacial score (nSPS) is 23.3. The average molecular weight is 338 g/mol. The van der Waals surface area contributed by atoms with Gasteiger partial charge in [-0.3, -0.25) is 4.99 Å². The third-order valence-corrected chi connectivity index (χ3v) is 4.40. The first-order chi connectivity index (χ1) is 9.21. The fraction of sp³-hybridized carbons (Fsp3) is 0.562. The van der Waals surface area contributed by atoms with Gasteiger partial charge >= 0.3 is 0 Å². The molecule has 20 heavy (non-hydrogen) atoms. The molecular weight excluding hydrogens is 316 g/mol. The molecule has 0 amide bonds. The average Bonchev–Trinajstić information content (AvgIpc) is 2.35. The zero-order valence-corrected chi connectivity index (χ0v) is 14.1. The molecule has 0 saturated carbocycles. The van der Waals surface area contributed by atoms with Crippen molar-refractivity contribution in [1.29, 1.82) is 0 Å². The number of nitrogens with zero attached hydrogens (tertiary/aromatic N) is 2. The van der Waals surface area contributed by atoms with E-state index in [0.29, 0.717) is 0 Å². The first kappa shape index (κ1) is 15.7. The number of hydroxylamine groups is 2. The number of halogens is 1. The van der Waals surface area contributed by atoms with Crippen LogP contribution in [0.25, 0.3) is 0 Å². The van der Waals surface area contributed by atoms with E-state index in [1.54, 1.807) is 0 Å². The lowest BCUT2D eigenvalue weighted by atomic mass is 9.79. The van der Waals surface area contributed by atoms with E-state index in [4.69, 9.17) is 4.99 Å². The predicted octanol–water partition coefficient (Wildman–Crippen LogP) is 4.24. The lowest BCUT2D eigenvalue weighted by molar-refractivity contribution is -0.288. The van der Waals surface area contributed by atoms with Crippen LogP contribution in [0.4, 0.5) is 0 Å². The Morgan fingerprint density at radius 3 is 2.15 bits per heavy atom. The summed E-state index contributed by atoms with van der Waals surface area (Å²) in [4.78, 5) is 4.70. The van der Waals surface area contributed by atoms with Crippen molar-refractivity contribution < 1.29 is 5.21 Å². The van der Waals surface area contributed by atoms with Crippen molar-refractivity contribution in [3.05, 3.63) is 34.3 Å². The van der Waals surface area contributed by atoms with Crippen LogP contribution in [0.3, 0.4) is 0 Å². The fourth-order valence-corrected chi connectivity index (χ4v) is 3.32. The van der Waals surface area contributed by atoms with Crippen molar-refractivity contribution in [2.45, 2.75) is 57.7 Å². The van der Waals surface area contributed by atoms with Crippen molar-refractivity contribution in [3.63, 3.8) is 0 Å². The number of benzene rings is 1. The quantitative estimate of drug-likeness (QED) is 0.743. The molecule has 1 fully saturated rings. The number of rotatable bonds is 2. The summed E-state index contributed by atoms with van der Waals surface area (Å²) in [5.41, 5.74) is 0.376. The molecule has 0 unspecified atom stereocenters. The Bertz CT molecular complexity index is 476. The number of hydrogen-bond acceptors (Lipinski definition) is 2. The number of piperidine rings is 1. The topological polar surface area (TPSA) is 35.5 Å². The third kappa shape index (κ3) is 3.48. The summed E-state index contributed by atoms with van der Waals surface area (Å²) in [6, 6.07) is 8.29. The molecule has 0 bridgehead atoms. The van der Waals surface area contributed by atoms with Crippen molar-refractivity contribution in [3.8, 4) is 0 Å². The zero-order chi connectivity index (χ0) is 15.0. The van der Waals surface area contributed by atoms with Gasteiger partial charge in [-0.05, 0) is 58.2 Å². The lowest BCUT2D eigenvalue weighted by Crippen LogP contribution is -2.59. The molecule has 4 heteroatoms. The Kier molecular flexibility index (Phi) is 4.38. The highest BCUT2D eigenvalue weighted by Gasteiger charge is 2.45. The van der Waals surface area contributed by atoms with Crippen LogP contribution < -0.4 is 0 Å². The lowest BCUT2D eigenvalue weighted by Gasteiger charge is -2.48. The van der Waals surface area contributed by atoms with Crippen molar-refractivity contribution in [2.24, 2.45) is 4.99 Å². The Hall–Kier alpha value is -0.710. The molecule has 109 valence electrons. The van der Waals surface area contributed by atoms with Gasteiger partial charge in [0.25, 0.3) is 0 Å². The van der Waals surface area contributed by atoms with E-state index >= 15 is 0 Å². The van der Waals surface area contributed by atoms with Crippen molar-refractivity contribution in [1.82, 2.24) is 5.06 Å². The van der Waals surface area contributed by atoms with E-state index in [1.807, 2.05) is 58.2 Å². The first-order valence-electron chi connectivity index (χ1n) is 6.97. The van der Waals surface area contributed by atoms with Crippen LogP contribution in [0.15, 0.2) is 33.7 Å². The summed E-state index contributed by atoms with van der Waals surface area (Å²) in [5.74, 6) is 0. The van der Waals surface area contributed by atoms with Gasteiger partial charge in [0.15, 0.2) is 0 Å². The molecule has 0 aromatic heterocycles. The van der Waals surface area contributed by atoms with E-state index in [-0.39, 0.29) is 17.1 Å². The minimum Gasteiger partial charge on any atom is -0.289 e. The summed E-state index contributed by atoms with van der Waals surface area (Å²) in [5, 5.41) is 13.5. The van der Waals surface area contributed by atoms with Gasteiger partial charge in [0.2, 0.25) is 0 Å². The van der Waals surface area contributed by atoms with Gasteiger partial charge in [-0.25, -0.2) is 0 Å². The van der Waals surface area contributed by atoms with Crippen LogP contribution in [-0.4, -0.2) is 28.4 Å². The minimum absolute atomic E-state index is 0.203. The van der Waals surface area contributed by atoms with E-state index < -0.39 is 0 Å². The molecule has 1 aliphatic heterocycles. The maximum absolute atomic E-state index is 12.3. The van der Waals surface area contributed by atoms with E-state index in [1.165, 1.54) is 5.06 Å². The Balaban J connectivity index is 2.12. The first-order valence-corrected chi connectivity index (χ1v) is 7.76. The molecule has 1 radical (unpaired) electrons. The number of aliphatic imine (C=N–C) groups is 1. The van der Waals surface area contributed by atoms with Gasteiger partial charge in [0.05, 0.1) is 6.04 Å². The smallest absolute Gasteiger partial charge is 0.0536 e. The molecule has 1 aliphatic rings. The van der Waals surface area contributed by atoms with Crippen LogP contribution in [0.1, 0.15) is 46.1 Å². The monoisotopic (exact) mass is 337 g/mol. The van der Waals surface area contributed by atoms with E-state index in [2.05, 4.69) is 15.9 Å². The highest BCUT2D eigenvalue weighted by molar-refractivity contribution is 9.10. The standard InChI is InChI=1S/C16H22BrN2O/c1-15(2)9-14(10-16(3,4)19(15)20)18-11-12-5-7-13(17)8-6-12/h5-8,11,14H,9-10H2,1-4H3. The highest BCUT2D eigenvalue weighted by Crippen LogP contribution is 2.38. The van der Waals surface area contributed by atoms with Crippen LogP contribution in [0.5, 0.6) is 0 Å². The fourth-order valence-electron chi connectivity index (χ4n) is 3.06. The van der Waals surface area contributed by atoms with Gasteiger partial charge in [-0.2, -0.15) is 0 Å². The summed E-state index contributed by atoms with van der Waals surface area (Å²) < 4.78 is 1.07. The summed E-state index contributed by atoms with van der Waals surface area (Å²) in [7, 11) is 0. The Morgan fingerprint density at radius 2 is 1.65 bits per heavy atom. The molecule has 1 aromatic carbocycles. The molecule has 0 atom stereocenters. The summed E-state index contributed by atoms with van der Waals surface area (Å²) in [6.07, 6.45) is 3.52. The minimum atomic E-state index is -0.358. The second-order valence-electron chi connectivity index (χ2n) is 6.81. The van der Waals surface area contributed by atoms with Gasteiger partial charge < -0.3 is 0 Å². The van der Waals surface area contributed by atoms with E-state index in [0.717, 1.165) is 22.9 Å². The second-order valence-corrected chi connectivity index (χ2v) is 7.73. The largest absolute Gasteiger partial charge is 0.289 e. The molecule has 1 aromatic rings. The van der Waals surface area contributed by atoms with Crippen LogP contribution in [0, 0.1) is 0 Å². The van der Waals surface area contributed by atoms with Crippen molar-refractivity contribution in [2.75, 3.05) is 0 Å². The van der Waals surface area contributed by atoms with Crippen LogP contribution in [-0.2, 0) is 5.21 Å². The van der Waals surface area contributed by atoms with Gasteiger partial charge in [-0.1, -0.05) is 28.1 Å². The molecule has 0 spiro atoms. The van der Waals surface area contributed by atoms with Crippen LogP contribution >= 0.6 is 15.9 Å². The van der Waals surface area contributed by atoms with Crippen molar-refractivity contribution >= 4 is 22.1 Å². The molecule has 1 heterocycles. The third-order valence-electron chi connectivity index (χ3n) is 3.87. The van der Waals surface area contributed by atoms with Crippen LogP contribution in [0.2, 0.25) is 0 Å². The zero-order valence-electron chi connectivity index (χ0n) is 12.6. The highest BCUT2D eigenvalue weighted by atomic mass is 79.9.